The summed E-state index contributed by atoms with van der Waals surface area (Å²) in [6.45, 7) is 5.20. The van der Waals surface area contributed by atoms with E-state index in [1.807, 2.05) is 0 Å². The first-order valence-electron chi connectivity index (χ1n) is 6.14. The molecule has 0 aliphatic heterocycles. The van der Waals surface area contributed by atoms with Crippen molar-refractivity contribution in [3.8, 4) is 0 Å². The molecule has 6 nitrogen and oxygen atoms in total. The molecule has 0 aliphatic carbocycles. The number of hydrogen-bond donors (Lipinski definition) is 2. The number of aryl methyl sites for hydroxylation is 1. The number of hydrogen-bond acceptors (Lipinski definition) is 5. The summed E-state index contributed by atoms with van der Waals surface area (Å²) in [6, 6.07) is 5.09. The Morgan fingerprint density at radius 3 is 2.48 bits per heavy atom. The Bertz CT molecular complexity index is 701. The van der Waals surface area contributed by atoms with Crippen LogP contribution in [-0.2, 0) is 20.7 Å². The van der Waals surface area contributed by atoms with Crippen molar-refractivity contribution in [1.82, 2.24) is 10.6 Å². The van der Waals surface area contributed by atoms with Gasteiger partial charge in [0, 0.05) is 7.05 Å². The normalized spacial score (nSPS) is 10.7. The van der Waals surface area contributed by atoms with E-state index in [0.29, 0.717) is 16.8 Å². The lowest BCUT2D eigenvalue weighted by Crippen LogP contribution is -2.46. The summed E-state index contributed by atoms with van der Waals surface area (Å²) in [4.78, 5) is 12.3. The van der Waals surface area contributed by atoms with E-state index in [1.54, 1.807) is 46.0 Å². The molecular weight excluding hydrogens is 310 g/mol. The highest BCUT2D eigenvalue weighted by Gasteiger charge is 2.30. The molecule has 114 valence electrons. The molecule has 0 fully saturated rings. The van der Waals surface area contributed by atoms with Crippen LogP contribution in [0.2, 0.25) is 0 Å². The first kappa shape index (κ1) is 17.3. The minimum Gasteiger partial charge on any atom is -0.365 e. The van der Waals surface area contributed by atoms with Crippen LogP contribution in [0.1, 0.15) is 25.0 Å². The van der Waals surface area contributed by atoms with Crippen molar-refractivity contribution in [3.05, 3.63) is 29.3 Å². The van der Waals surface area contributed by atoms with E-state index < -0.39 is 15.9 Å². The SMILES string of the molecule is CNC(=S)NC(=O)C(C)(C)c1ccc(C)c(N=S(=O)=O)c1. The van der Waals surface area contributed by atoms with Crippen molar-refractivity contribution in [2.75, 3.05) is 7.05 Å². The Labute approximate surface area is 130 Å². The molecule has 0 spiro atoms. The Kier molecular flexibility index (Phi) is 5.56. The number of carbonyl (C=O) groups excluding carboxylic acids is 1. The number of amides is 1. The second-order valence-corrected chi connectivity index (χ2v) is 5.99. The maximum absolute atomic E-state index is 12.3. The molecule has 0 saturated carbocycles. The molecule has 0 aromatic heterocycles. The first-order valence-corrected chi connectivity index (χ1v) is 7.58. The van der Waals surface area contributed by atoms with E-state index >= 15 is 0 Å². The number of thiocarbonyl (C=S) groups is 1. The van der Waals surface area contributed by atoms with Gasteiger partial charge in [0.15, 0.2) is 5.11 Å². The van der Waals surface area contributed by atoms with Gasteiger partial charge in [-0.25, -0.2) is 0 Å². The predicted octanol–water partition coefficient (Wildman–Crippen LogP) is 1.59. The van der Waals surface area contributed by atoms with Crippen molar-refractivity contribution in [1.29, 1.82) is 0 Å². The van der Waals surface area contributed by atoms with Gasteiger partial charge in [-0.3, -0.25) is 4.79 Å². The summed E-state index contributed by atoms with van der Waals surface area (Å²) in [7, 11) is -0.926. The molecule has 8 heteroatoms. The molecule has 1 aromatic rings. The Balaban J connectivity index is 3.22. The molecule has 0 bridgehead atoms. The topological polar surface area (TPSA) is 87.6 Å². The highest BCUT2D eigenvalue weighted by atomic mass is 32.2. The van der Waals surface area contributed by atoms with Crippen LogP contribution in [0.5, 0.6) is 0 Å². The molecule has 0 radical (unpaired) electrons. The molecular formula is C13H17N3O3S2. The highest BCUT2D eigenvalue weighted by Crippen LogP contribution is 2.29. The summed E-state index contributed by atoms with van der Waals surface area (Å²) in [6.07, 6.45) is 0. The average Bonchev–Trinajstić information content (AvgIpc) is 2.40. The second-order valence-electron chi connectivity index (χ2n) is 4.97. The zero-order valence-corrected chi connectivity index (χ0v) is 13.9. The van der Waals surface area contributed by atoms with Gasteiger partial charge in [-0.15, -0.1) is 4.36 Å². The fourth-order valence-electron chi connectivity index (χ4n) is 1.63. The summed E-state index contributed by atoms with van der Waals surface area (Å²) in [5.74, 6) is -0.292. The molecule has 0 unspecified atom stereocenters. The third-order valence-electron chi connectivity index (χ3n) is 3.13. The van der Waals surface area contributed by atoms with Crippen LogP contribution < -0.4 is 10.6 Å². The van der Waals surface area contributed by atoms with Gasteiger partial charge in [0.05, 0.1) is 11.1 Å². The lowest BCUT2D eigenvalue weighted by Gasteiger charge is -2.24. The lowest BCUT2D eigenvalue weighted by molar-refractivity contribution is -0.124. The van der Waals surface area contributed by atoms with Gasteiger partial charge in [-0.1, -0.05) is 12.1 Å². The summed E-state index contributed by atoms with van der Waals surface area (Å²) in [5, 5.41) is 5.47. The van der Waals surface area contributed by atoms with Gasteiger partial charge in [0.25, 0.3) is 0 Å². The maximum atomic E-state index is 12.3. The van der Waals surface area contributed by atoms with Crippen molar-refractivity contribution >= 4 is 39.4 Å². The van der Waals surface area contributed by atoms with Gasteiger partial charge < -0.3 is 10.6 Å². The smallest absolute Gasteiger partial charge is 0.316 e. The van der Waals surface area contributed by atoms with Crippen molar-refractivity contribution in [3.63, 3.8) is 0 Å². The Morgan fingerprint density at radius 1 is 1.33 bits per heavy atom. The fraction of sp³-hybridized carbons (Fsp3) is 0.385. The number of rotatable bonds is 3. The fourth-order valence-corrected chi connectivity index (χ4v) is 2.08. The van der Waals surface area contributed by atoms with Gasteiger partial charge in [-0.2, -0.15) is 8.42 Å². The maximum Gasteiger partial charge on any atom is 0.316 e. The number of nitrogens with one attached hydrogen (secondary N) is 2. The van der Waals surface area contributed by atoms with Gasteiger partial charge >= 0.3 is 10.5 Å². The van der Waals surface area contributed by atoms with Gasteiger partial charge in [-0.05, 0) is 50.2 Å². The summed E-state index contributed by atoms with van der Waals surface area (Å²) in [5.41, 5.74) is 0.792. The van der Waals surface area contributed by atoms with Crippen LogP contribution >= 0.6 is 12.2 Å². The Hall–Kier alpha value is -1.80. The molecule has 0 heterocycles. The van der Waals surface area contributed by atoms with Crippen molar-refractivity contribution in [2.24, 2.45) is 4.36 Å². The molecule has 1 rings (SSSR count). The third kappa shape index (κ3) is 4.33. The van der Waals surface area contributed by atoms with E-state index in [-0.39, 0.29) is 11.0 Å². The first-order chi connectivity index (χ1) is 9.68. The number of benzene rings is 1. The van der Waals surface area contributed by atoms with Crippen LogP contribution in [0.4, 0.5) is 5.69 Å². The number of carbonyl (C=O) groups is 1. The second kappa shape index (κ2) is 6.77. The minimum absolute atomic E-state index is 0.228. The molecule has 0 saturated heterocycles. The van der Waals surface area contributed by atoms with Crippen molar-refractivity contribution in [2.45, 2.75) is 26.2 Å². The van der Waals surface area contributed by atoms with Crippen LogP contribution in [0.3, 0.4) is 0 Å². The van der Waals surface area contributed by atoms with E-state index in [9.17, 15) is 13.2 Å². The van der Waals surface area contributed by atoms with Gasteiger partial charge in [0.2, 0.25) is 5.91 Å². The van der Waals surface area contributed by atoms with Gasteiger partial charge in [0.1, 0.15) is 0 Å². The predicted molar refractivity (Wildman–Crippen MR) is 85.0 cm³/mol. The van der Waals surface area contributed by atoms with E-state index in [1.165, 1.54) is 0 Å². The lowest BCUT2D eigenvalue weighted by atomic mass is 9.83. The molecule has 0 aliphatic rings. The number of nitrogens with zero attached hydrogens (tertiary/aromatic N) is 1. The summed E-state index contributed by atoms with van der Waals surface area (Å²) >= 11 is 4.91. The quantitative estimate of drug-likeness (QED) is 0.823. The molecule has 1 amide bonds. The van der Waals surface area contributed by atoms with Crippen LogP contribution in [0, 0.1) is 6.92 Å². The molecule has 2 N–H and O–H groups in total. The minimum atomic E-state index is -2.54. The molecule has 1 aromatic carbocycles. The van der Waals surface area contributed by atoms with E-state index in [2.05, 4.69) is 15.0 Å². The van der Waals surface area contributed by atoms with Crippen molar-refractivity contribution < 1.29 is 13.2 Å². The standard InChI is InChI=1S/C13H17N3O3S2/c1-8-5-6-9(7-10(8)16-21(18)19)13(2,3)11(17)15-12(20)14-4/h5-7H,1-4H3,(H2,14,15,17,20). The van der Waals surface area contributed by atoms with Crippen LogP contribution in [0.15, 0.2) is 22.6 Å². The largest absolute Gasteiger partial charge is 0.365 e. The summed E-state index contributed by atoms with van der Waals surface area (Å²) < 4.78 is 25.0. The zero-order valence-electron chi connectivity index (χ0n) is 12.2. The average molecular weight is 327 g/mol. The zero-order chi connectivity index (χ0) is 16.2. The van der Waals surface area contributed by atoms with Crippen LogP contribution in [-0.4, -0.2) is 26.5 Å². The molecule has 21 heavy (non-hydrogen) atoms. The van der Waals surface area contributed by atoms with E-state index in [4.69, 9.17) is 12.2 Å². The molecule has 0 atom stereocenters. The van der Waals surface area contributed by atoms with Crippen LogP contribution in [0.25, 0.3) is 0 Å². The monoisotopic (exact) mass is 327 g/mol. The third-order valence-corrected chi connectivity index (χ3v) is 3.78. The van der Waals surface area contributed by atoms with E-state index in [0.717, 1.165) is 0 Å². The Morgan fingerprint density at radius 2 is 1.95 bits per heavy atom. The highest BCUT2D eigenvalue weighted by molar-refractivity contribution is 7.80.